The van der Waals surface area contributed by atoms with Crippen molar-refractivity contribution >= 4 is 5.91 Å². The van der Waals surface area contributed by atoms with Gasteiger partial charge in [0.1, 0.15) is 0 Å². The smallest absolute Gasteiger partial charge is 0.225 e. The Morgan fingerprint density at radius 2 is 1.73 bits per heavy atom. The normalized spacial score (nSPS) is 30.2. The first kappa shape index (κ1) is 18.7. The van der Waals surface area contributed by atoms with Gasteiger partial charge < -0.3 is 14.4 Å². The molecule has 148 valence electrons. The average Bonchev–Trinajstić information content (AvgIpc) is 2.63. The molecule has 0 aromatic rings. The van der Waals surface area contributed by atoms with E-state index < -0.39 is 0 Å². The standard InChI is InChI=1S/C21H36N2O3/c1-25-14-15-26-19-16-23(21(19)10-3-2-4-11-21)18-8-12-22(13-9-18)20(24)17-6-5-7-17/h17-19H,2-16H2,1H3. The van der Waals surface area contributed by atoms with Crippen LogP contribution in [0.2, 0.25) is 0 Å². The number of ether oxygens (including phenoxy) is 2. The average molecular weight is 365 g/mol. The molecule has 0 N–H and O–H groups in total. The molecular formula is C21H36N2O3. The summed E-state index contributed by atoms with van der Waals surface area (Å²) in [5, 5.41) is 0. The van der Waals surface area contributed by atoms with Gasteiger partial charge in [0, 0.05) is 44.2 Å². The molecule has 2 saturated carbocycles. The Morgan fingerprint density at radius 3 is 2.35 bits per heavy atom. The van der Waals surface area contributed by atoms with Crippen LogP contribution in [0.3, 0.4) is 0 Å². The van der Waals surface area contributed by atoms with Gasteiger partial charge >= 0.3 is 0 Å². The maximum Gasteiger partial charge on any atom is 0.225 e. The minimum Gasteiger partial charge on any atom is -0.382 e. The molecule has 0 aromatic heterocycles. The molecule has 2 saturated heterocycles. The fraction of sp³-hybridized carbons (Fsp3) is 0.952. The molecule has 5 heteroatoms. The van der Waals surface area contributed by atoms with E-state index in [1.807, 2.05) is 0 Å². The summed E-state index contributed by atoms with van der Waals surface area (Å²) in [6, 6.07) is 0.640. The second-order valence-corrected chi connectivity index (χ2v) is 8.85. The third-order valence-electron chi connectivity index (χ3n) is 7.53. The highest BCUT2D eigenvalue weighted by Crippen LogP contribution is 2.47. The summed E-state index contributed by atoms with van der Waals surface area (Å²) < 4.78 is 11.4. The van der Waals surface area contributed by atoms with Gasteiger partial charge in [0.25, 0.3) is 0 Å². The molecule has 2 aliphatic heterocycles. The van der Waals surface area contributed by atoms with Crippen LogP contribution in [0, 0.1) is 5.92 Å². The van der Waals surface area contributed by atoms with Crippen molar-refractivity contribution in [3.05, 3.63) is 0 Å². The fourth-order valence-electron chi connectivity index (χ4n) is 5.68. The first-order valence-corrected chi connectivity index (χ1v) is 10.9. The summed E-state index contributed by atoms with van der Waals surface area (Å²) >= 11 is 0. The second kappa shape index (κ2) is 8.15. The Balaban J connectivity index is 1.33. The number of likely N-dealkylation sites (tertiary alicyclic amines) is 2. The lowest BCUT2D eigenvalue weighted by Crippen LogP contribution is -2.75. The van der Waals surface area contributed by atoms with Crippen molar-refractivity contribution in [2.45, 2.75) is 81.9 Å². The highest BCUT2D eigenvalue weighted by atomic mass is 16.5. The number of nitrogens with zero attached hydrogens (tertiary/aromatic N) is 2. The van der Waals surface area contributed by atoms with Crippen molar-refractivity contribution in [3.8, 4) is 0 Å². The number of amides is 1. The van der Waals surface area contributed by atoms with Gasteiger partial charge in [0.05, 0.1) is 19.3 Å². The molecule has 2 aliphatic carbocycles. The molecule has 1 amide bonds. The van der Waals surface area contributed by atoms with Crippen LogP contribution in [-0.4, -0.2) is 73.3 Å². The minimum atomic E-state index is 0.275. The monoisotopic (exact) mass is 364 g/mol. The molecule has 1 spiro atoms. The van der Waals surface area contributed by atoms with Gasteiger partial charge in [-0.2, -0.15) is 0 Å². The summed E-state index contributed by atoms with van der Waals surface area (Å²) in [7, 11) is 1.74. The van der Waals surface area contributed by atoms with Crippen LogP contribution in [0.25, 0.3) is 0 Å². The summed E-state index contributed by atoms with van der Waals surface area (Å²) in [6.45, 7) is 4.40. The number of carbonyl (C=O) groups excluding carboxylic acids is 1. The Morgan fingerprint density at radius 1 is 1.00 bits per heavy atom. The van der Waals surface area contributed by atoms with E-state index in [1.165, 1.54) is 38.5 Å². The molecule has 0 radical (unpaired) electrons. The number of hydrogen-bond acceptors (Lipinski definition) is 4. The molecule has 1 unspecified atom stereocenters. The molecule has 2 heterocycles. The number of carbonyl (C=O) groups is 1. The van der Waals surface area contributed by atoms with Crippen molar-refractivity contribution in [2.75, 3.05) is 40.0 Å². The van der Waals surface area contributed by atoms with Crippen LogP contribution in [-0.2, 0) is 14.3 Å². The minimum absolute atomic E-state index is 0.275. The van der Waals surface area contributed by atoms with Gasteiger partial charge in [0.2, 0.25) is 5.91 Å². The maximum atomic E-state index is 12.5. The van der Waals surface area contributed by atoms with E-state index in [0.29, 0.717) is 37.2 Å². The summed E-state index contributed by atoms with van der Waals surface area (Å²) in [5.74, 6) is 0.783. The Bertz CT molecular complexity index is 480. The highest BCUT2D eigenvalue weighted by molar-refractivity contribution is 5.79. The lowest BCUT2D eigenvalue weighted by Gasteiger charge is -2.63. The van der Waals surface area contributed by atoms with Gasteiger partial charge in [-0.1, -0.05) is 25.7 Å². The Labute approximate surface area is 158 Å². The van der Waals surface area contributed by atoms with E-state index in [9.17, 15) is 4.79 Å². The third-order valence-corrected chi connectivity index (χ3v) is 7.53. The van der Waals surface area contributed by atoms with Crippen molar-refractivity contribution in [1.82, 2.24) is 9.80 Å². The van der Waals surface area contributed by atoms with Crippen LogP contribution in [0.4, 0.5) is 0 Å². The van der Waals surface area contributed by atoms with E-state index in [-0.39, 0.29) is 5.54 Å². The van der Waals surface area contributed by atoms with Crippen molar-refractivity contribution < 1.29 is 14.3 Å². The zero-order valence-corrected chi connectivity index (χ0v) is 16.5. The largest absolute Gasteiger partial charge is 0.382 e. The molecular weight excluding hydrogens is 328 g/mol. The molecule has 4 aliphatic rings. The number of piperidine rings is 1. The SMILES string of the molecule is COCCOC1CN(C2CCN(C(=O)C3CCC3)CC2)C12CCCCC2. The number of methoxy groups -OCH3 is 1. The van der Waals surface area contributed by atoms with Crippen LogP contribution >= 0.6 is 0 Å². The zero-order valence-electron chi connectivity index (χ0n) is 16.5. The van der Waals surface area contributed by atoms with Crippen LogP contribution in [0.1, 0.15) is 64.2 Å². The van der Waals surface area contributed by atoms with Gasteiger partial charge in [-0.05, 0) is 38.5 Å². The summed E-state index contributed by atoms with van der Waals surface area (Å²) in [5.41, 5.74) is 0.275. The van der Waals surface area contributed by atoms with Crippen LogP contribution in [0.5, 0.6) is 0 Å². The molecule has 1 atom stereocenters. The van der Waals surface area contributed by atoms with Gasteiger partial charge in [-0.25, -0.2) is 0 Å². The molecule has 4 fully saturated rings. The van der Waals surface area contributed by atoms with Crippen molar-refractivity contribution in [2.24, 2.45) is 5.92 Å². The van der Waals surface area contributed by atoms with Crippen LogP contribution < -0.4 is 0 Å². The zero-order chi connectivity index (χ0) is 18.0. The molecule has 0 aromatic carbocycles. The molecule has 0 bridgehead atoms. The van der Waals surface area contributed by atoms with E-state index >= 15 is 0 Å². The van der Waals surface area contributed by atoms with E-state index in [2.05, 4.69) is 9.80 Å². The number of rotatable bonds is 6. The predicted octanol–water partition coefficient (Wildman–Crippen LogP) is 2.83. The van der Waals surface area contributed by atoms with Crippen LogP contribution in [0.15, 0.2) is 0 Å². The lowest BCUT2D eigenvalue weighted by atomic mass is 9.69. The van der Waals surface area contributed by atoms with Gasteiger partial charge in [0.15, 0.2) is 0 Å². The van der Waals surface area contributed by atoms with Gasteiger partial charge in [-0.15, -0.1) is 0 Å². The molecule has 26 heavy (non-hydrogen) atoms. The van der Waals surface area contributed by atoms with E-state index in [4.69, 9.17) is 9.47 Å². The van der Waals surface area contributed by atoms with Gasteiger partial charge in [-0.3, -0.25) is 9.69 Å². The summed E-state index contributed by atoms with van der Waals surface area (Å²) in [6.07, 6.45) is 12.8. The molecule has 4 rings (SSSR count). The van der Waals surface area contributed by atoms with Crippen molar-refractivity contribution in [3.63, 3.8) is 0 Å². The van der Waals surface area contributed by atoms with E-state index in [0.717, 1.165) is 45.3 Å². The Hall–Kier alpha value is -0.650. The highest BCUT2D eigenvalue weighted by Gasteiger charge is 2.56. The van der Waals surface area contributed by atoms with Crippen molar-refractivity contribution in [1.29, 1.82) is 0 Å². The predicted molar refractivity (Wildman–Crippen MR) is 101 cm³/mol. The quantitative estimate of drug-likeness (QED) is 0.680. The topological polar surface area (TPSA) is 42.0 Å². The number of hydrogen-bond donors (Lipinski definition) is 0. The summed E-state index contributed by atoms with van der Waals surface area (Å²) in [4.78, 5) is 17.4. The molecule has 5 nitrogen and oxygen atoms in total. The lowest BCUT2D eigenvalue weighted by molar-refractivity contribution is -0.204. The second-order valence-electron chi connectivity index (χ2n) is 8.85. The van der Waals surface area contributed by atoms with E-state index in [1.54, 1.807) is 7.11 Å². The fourth-order valence-corrected chi connectivity index (χ4v) is 5.68. The third kappa shape index (κ3) is 3.43. The Kier molecular flexibility index (Phi) is 5.87. The first-order valence-electron chi connectivity index (χ1n) is 10.9. The maximum absolute atomic E-state index is 12.5. The first-order chi connectivity index (χ1) is 12.7.